The van der Waals surface area contributed by atoms with Crippen LogP contribution in [-0.2, 0) is 14.6 Å². The number of sulfone groups is 1. The van der Waals surface area contributed by atoms with Crippen molar-refractivity contribution in [2.45, 2.75) is 38.3 Å². The van der Waals surface area contributed by atoms with Gasteiger partial charge >= 0.3 is 0 Å². The molecule has 0 aliphatic carbocycles. The Kier molecular flexibility index (Phi) is 4.22. The Hall–Kier alpha value is -1.41. The zero-order chi connectivity index (χ0) is 15.7. The van der Waals surface area contributed by atoms with Crippen LogP contribution < -0.4 is 5.32 Å². The Bertz CT molecular complexity index is 662. The number of nitrogens with one attached hydrogen (secondary N) is 1. The second kappa shape index (κ2) is 6.00. The highest BCUT2D eigenvalue weighted by atomic mass is 32.2. The van der Waals surface area contributed by atoms with Crippen molar-refractivity contribution >= 4 is 15.7 Å². The number of rotatable bonds is 4. The summed E-state index contributed by atoms with van der Waals surface area (Å²) in [6.45, 7) is 3.06. The molecule has 3 rings (SSSR count). The van der Waals surface area contributed by atoms with Crippen LogP contribution in [0.4, 0.5) is 0 Å². The van der Waals surface area contributed by atoms with E-state index in [0.29, 0.717) is 24.2 Å². The van der Waals surface area contributed by atoms with Crippen molar-refractivity contribution in [2.24, 2.45) is 0 Å². The Balaban J connectivity index is 1.66. The molecule has 7 nitrogen and oxygen atoms in total. The Morgan fingerprint density at radius 1 is 1.50 bits per heavy atom. The minimum absolute atomic E-state index is 0.0966. The lowest BCUT2D eigenvalue weighted by Gasteiger charge is -2.12. The van der Waals surface area contributed by atoms with Crippen molar-refractivity contribution in [3.8, 4) is 0 Å². The molecule has 0 aromatic carbocycles. The van der Waals surface area contributed by atoms with E-state index in [1.165, 1.54) is 6.20 Å². The molecule has 1 amide bonds. The molecule has 0 radical (unpaired) electrons. The fourth-order valence-electron chi connectivity index (χ4n) is 3.09. The molecule has 22 heavy (non-hydrogen) atoms. The van der Waals surface area contributed by atoms with Crippen molar-refractivity contribution < 1.29 is 17.9 Å². The summed E-state index contributed by atoms with van der Waals surface area (Å²) in [4.78, 5) is 12.2. The topological polar surface area (TPSA) is 90.3 Å². The second-order valence-corrected chi connectivity index (χ2v) is 8.22. The predicted molar refractivity (Wildman–Crippen MR) is 80.6 cm³/mol. The molecular weight excluding hydrogens is 306 g/mol. The van der Waals surface area contributed by atoms with Crippen molar-refractivity contribution in [3.63, 3.8) is 0 Å². The molecule has 1 N–H and O–H groups in total. The van der Waals surface area contributed by atoms with Gasteiger partial charge in [0.1, 0.15) is 0 Å². The van der Waals surface area contributed by atoms with Crippen LogP contribution >= 0.6 is 0 Å². The third kappa shape index (κ3) is 3.17. The predicted octanol–water partition coefficient (Wildman–Crippen LogP) is 0.460. The Labute approximate surface area is 129 Å². The van der Waals surface area contributed by atoms with E-state index in [1.54, 1.807) is 11.6 Å². The smallest absolute Gasteiger partial charge is 0.254 e. The molecule has 1 aromatic rings. The maximum absolute atomic E-state index is 12.2. The van der Waals surface area contributed by atoms with Crippen molar-refractivity contribution in [1.29, 1.82) is 0 Å². The van der Waals surface area contributed by atoms with Gasteiger partial charge in [-0.25, -0.2) is 8.42 Å². The lowest BCUT2D eigenvalue weighted by Crippen LogP contribution is -2.32. The maximum Gasteiger partial charge on any atom is 0.254 e. The third-order valence-corrected chi connectivity index (χ3v) is 6.11. The Morgan fingerprint density at radius 2 is 2.32 bits per heavy atom. The molecule has 2 aliphatic rings. The summed E-state index contributed by atoms with van der Waals surface area (Å²) >= 11 is 0. The van der Waals surface area contributed by atoms with Crippen LogP contribution in [0.3, 0.4) is 0 Å². The standard InChI is InChI=1S/C14H21N3O4S/c1-10-13(14(18)15-7-12-3-2-5-21-12)8-16-17(10)11-4-6-22(19,20)9-11/h8,11-12H,2-7,9H2,1H3,(H,15,18)/t11-,12-/m1/s1. The van der Waals surface area contributed by atoms with Crippen molar-refractivity contribution in [3.05, 3.63) is 17.5 Å². The van der Waals surface area contributed by atoms with E-state index in [4.69, 9.17) is 4.74 Å². The summed E-state index contributed by atoms with van der Waals surface area (Å²) in [6.07, 6.45) is 4.18. The highest BCUT2D eigenvalue weighted by molar-refractivity contribution is 7.91. The van der Waals surface area contributed by atoms with Crippen LogP contribution in [-0.4, -0.2) is 54.9 Å². The summed E-state index contributed by atoms with van der Waals surface area (Å²) in [5.74, 6) is 0.115. The molecule has 2 saturated heterocycles. The molecule has 0 spiro atoms. The van der Waals surface area contributed by atoms with Crippen LogP contribution in [0, 0.1) is 6.92 Å². The van der Waals surface area contributed by atoms with Gasteiger partial charge in [0, 0.05) is 18.8 Å². The van der Waals surface area contributed by atoms with E-state index in [1.807, 2.05) is 0 Å². The number of amides is 1. The van der Waals surface area contributed by atoms with Gasteiger partial charge in [0.15, 0.2) is 9.84 Å². The van der Waals surface area contributed by atoms with E-state index < -0.39 is 9.84 Å². The normalized spacial score (nSPS) is 27.1. The van der Waals surface area contributed by atoms with E-state index in [9.17, 15) is 13.2 Å². The molecule has 2 atom stereocenters. The minimum Gasteiger partial charge on any atom is -0.376 e. The molecular formula is C14H21N3O4S. The molecule has 3 heterocycles. The van der Waals surface area contributed by atoms with Gasteiger partial charge in [-0.1, -0.05) is 0 Å². The van der Waals surface area contributed by atoms with Gasteiger partial charge < -0.3 is 10.1 Å². The summed E-state index contributed by atoms with van der Waals surface area (Å²) < 4.78 is 30.3. The van der Waals surface area contributed by atoms with Gasteiger partial charge in [-0.2, -0.15) is 5.10 Å². The lowest BCUT2D eigenvalue weighted by molar-refractivity contribution is 0.0857. The number of hydrogen-bond acceptors (Lipinski definition) is 5. The largest absolute Gasteiger partial charge is 0.376 e. The van der Waals surface area contributed by atoms with Crippen LogP contribution in [0.5, 0.6) is 0 Å². The molecule has 0 saturated carbocycles. The first-order valence-corrected chi connectivity index (χ1v) is 9.43. The zero-order valence-corrected chi connectivity index (χ0v) is 13.4. The van der Waals surface area contributed by atoms with Crippen molar-refractivity contribution in [2.75, 3.05) is 24.7 Å². The van der Waals surface area contributed by atoms with Gasteiger partial charge in [-0.05, 0) is 26.2 Å². The van der Waals surface area contributed by atoms with E-state index >= 15 is 0 Å². The number of nitrogens with zero attached hydrogens (tertiary/aromatic N) is 2. The average molecular weight is 327 g/mol. The van der Waals surface area contributed by atoms with Gasteiger partial charge in [-0.15, -0.1) is 0 Å². The summed E-state index contributed by atoms with van der Waals surface area (Å²) in [5.41, 5.74) is 1.22. The highest BCUT2D eigenvalue weighted by Gasteiger charge is 2.31. The molecule has 122 valence electrons. The van der Waals surface area contributed by atoms with E-state index in [-0.39, 0.29) is 29.6 Å². The highest BCUT2D eigenvalue weighted by Crippen LogP contribution is 2.25. The summed E-state index contributed by atoms with van der Waals surface area (Å²) in [6, 6.07) is -0.162. The van der Waals surface area contributed by atoms with E-state index in [2.05, 4.69) is 10.4 Å². The molecule has 0 unspecified atom stereocenters. The molecule has 8 heteroatoms. The number of carbonyl (C=O) groups is 1. The number of aromatic nitrogens is 2. The molecule has 1 aromatic heterocycles. The monoisotopic (exact) mass is 327 g/mol. The molecule has 2 fully saturated rings. The molecule has 0 bridgehead atoms. The quantitative estimate of drug-likeness (QED) is 0.867. The number of ether oxygens (including phenoxy) is 1. The number of hydrogen-bond donors (Lipinski definition) is 1. The van der Waals surface area contributed by atoms with Crippen molar-refractivity contribution in [1.82, 2.24) is 15.1 Å². The first-order chi connectivity index (χ1) is 10.5. The fraction of sp³-hybridized carbons (Fsp3) is 0.714. The summed E-state index contributed by atoms with van der Waals surface area (Å²) in [5, 5.41) is 7.09. The van der Waals surface area contributed by atoms with E-state index in [0.717, 1.165) is 19.4 Å². The van der Waals surface area contributed by atoms with Crippen LogP contribution in [0.2, 0.25) is 0 Å². The van der Waals surface area contributed by atoms with Crippen LogP contribution in [0.15, 0.2) is 6.20 Å². The van der Waals surface area contributed by atoms with Gasteiger partial charge in [0.25, 0.3) is 5.91 Å². The van der Waals surface area contributed by atoms with Gasteiger partial charge in [0.2, 0.25) is 0 Å². The average Bonchev–Trinajstić information content (AvgIpc) is 3.16. The molecule has 2 aliphatic heterocycles. The maximum atomic E-state index is 12.2. The second-order valence-electron chi connectivity index (χ2n) is 5.99. The lowest BCUT2D eigenvalue weighted by atomic mass is 10.2. The van der Waals surface area contributed by atoms with Crippen LogP contribution in [0.1, 0.15) is 41.4 Å². The minimum atomic E-state index is -2.97. The SMILES string of the molecule is Cc1c(C(=O)NC[C@H]2CCCO2)cnn1[C@@H]1CCS(=O)(=O)C1. The fourth-order valence-corrected chi connectivity index (χ4v) is 4.78. The van der Waals surface area contributed by atoms with Gasteiger partial charge in [-0.3, -0.25) is 9.48 Å². The third-order valence-electron chi connectivity index (χ3n) is 4.36. The van der Waals surface area contributed by atoms with Gasteiger partial charge in [0.05, 0.1) is 35.4 Å². The zero-order valence-electron chi connectivity index (χ0n) is 12.6. The Morgan fingerprint density at radius 3 is 2.95 bits per heavy atom. The first-order valence-electron chi connectivity index (χ1n) is 7.60. The van der Waals surface area contributed by atoms with Crippen LogP contribution in [0.25, 0.3) is 0 Å². The summed E-state index contributed by atoms with van der Waals surface area (Å²) in [7, 11) is -2.97. The first kappa shape index (κ1) is 15.5. The number of carbonyl (C=O) groups excluding carboxylic acids is 1.